The summed E-state index contributed by atoms with van der Waals surface area (Å²) >= 11 is 0. The number of hydrogen-bond donors (Lipinski definition) is 1. The lowest BCUT2D eigenvalue weighted by Gasteiger charge is -2.21. The number of rotatable bonds is 6. The van der Waals surface area contributed by atoms with Gasteiger partial charge in [-0.2, -0.15) is 5.26 Å². The van der Waals surface area contributed by atoms with Gasteiger partial charge in [0.2, 0.25) is 5.89 Å². The summed E-state index contributed by atoms with van der Waals surface area (Å²) in [7, 11) is 0. The highest BCUT2D eigenvalue weighted by molar-refractivity contribution is 5.97. The van der Waals surface area contributed by atoms with Gasteiger partial charge in [0.05, 0.1) is 23.4 Å². The first-order valence-corrected chi connectivity index (χ1v) is 12.2. The quantitative estimate of drug-likeness (QED) is 0.395. The van der Waals surface area contributed by atoms with E-state index in [2.05, 4.69) is 11.1 Å². The molecule has 0 unspecified atom stereocenters. The number of aromatic nitrogens is 1. The van der Waals surface area contributed by atoms with Crippen molar-refractivity contribution < 1.29 is 9.21 Å². The van der Waals surface area contributed by atoms with Crippen molar-refractivity contribution in [2.75, 3.05) is 13.1 Å². The van der Waals surface area contributed by atoms with Crippen LogP contribution in [0.1, 0.15) is 47.0 Å². The second-order valence-corrected chi connectivity index (χ2v) is 9.57. The van der Waals surface area contributed by atoms with Crippen molar-refractivity contribution in [2.24, 2.45) is 5.73 Å². The molecular weight excluding hydrogens is 448 g/mol. The van der Waals surface area contributed by atoms with Gasteiger partial charge in [0.1, 0.15) is 5.76 Å². The fourth-order valence-corrected chi connectivity index (χ4v) is 4.74. The Balaban J connectivity index is 1.55. The van der Waals surface area contributed by atoms with Crippen molar-refractivity contribution in [3.05, 3.63) is 101 Å². The van der Waals surface area contributed by atoms with Gasteiger partial charge in [-0.3, -0.25) is 4.79 Å². The smallest absolute Gasteiger partial charge is 0.253 e. The molecule has 1 saturated heterocycles. The monoisotopic (exact) mass is 476 g/mol. The zero-order chi connectivity index (χ0) is 25.1. The van der Waals surface area contributed by atoms with E-state index in [0.29, 0.717) is 34.8 Å². The van der Waals surface area contributed by atoms with Crippen LogP contribution in [0.15, 0.2) is 83.4 Å². The Morgan fingerprint density at radius 2 is 1.75 bits per heavy atom. The molecule has 1 aliphatic rings. The van der Waals surface area contributed by atoms with E-state index in [1.807, 2.05) is 78.6 Å². The summed E-state index contributed by atoms with van der Waals surface area (Å²) in [5, 5.41) is 9.66. The molecule has 6 heteroatoms. The molecule has 0 saturated carbocycles. The molecule has 1 atom stereocenters. The number of benzene rings is 3. The van der Waals surface area contributed by atoms with Crippen molar-refractivity contribution in [1.29, 1.82) is 5.26 Å². The zero-order valence-electron chi connectivity index (χ0n) is 20.3. The highest BCUT2D eigenvalue weighted by Gasteiger charge is 2.28. The summed E-state index contributed by atoms with van der Waals surface area (Å²) < 4.78 is 6.19. The maximum Gasteiger partial charge on any atom is 0.253 e. The highest BCUT2D eigenvalue weighted by Crippen LogP contribution is 2.33. The van der Waals surface area contributed by atoms with Gasteiger partial charge in [0, 0.05) is 24.2 Å². The highest BCUT2D eigenvalue weighted by atomic mass is 16.4. The van der Waals surface area contributed by atoms with E-state index in [4.69, 9.17) is 10.2 Å². The summed E-state index contributed by atoms with van der Waals surface area (Å²) in [5.74, 6) is 0.933. The number of likely N-dealkylation sites (tertiary alicyclic amines) is 1. The van der Waals surface area contributed by atoms with Crippen molar-refractivity contribution in [3.8, 4) is 28.7 Å². The molecule has 4 aromatic rings. The third-order valence-corrected chi connectivity index (χ3v) is 6.66. The van der Waals surface area contributed by atoms with Crippen molar-refractivity contribution in [3.63, 3.8) is 0 Å². The van der Waals surface area contributed by atoms with Gasteiger partial charge < -0.3 is 15.1 Å². The molecule has 5 rings (SSSR count). The first-order valence-electron chi connectivity index (χ1n) is 12.2. The first kappa shape index (κ1) is 23.5. The Hall–Kier alpha value is -4.21. The van der Waals surface area contributed by atoms with Crippen molar-refractivity contribution in [1.82, 2.24) is 9.88 Å². The number of nitrogens with zero attached hydrogens (tertiary/aromatic N) is 3. The van der Waals surface area contributed by atoms with Crippen LogP contribution in [-0.4, -0.2) is 28.9 Å². The summed E-state index contributed by atoms with van der Waals surface area (Å²) in [6, 6.07) is 25.2. The van der Waals surface area contributed by atoms with Crippen LogP contribution in [0, 0.1) is 11.3 Å². The van der Waals surface area contributed by atoms with Crippen LogP contribution in [0.3, 0.4) is 0 Å². The zero-order valence-corrected chi connectivity index (χ0v) is 20.3. The lowest BCUT2D eigenvalue weighted by Crippen LogP contribution is -2.35. The van der Waals surface area contributed by atoms with Gasteiger partial charge in [-0.25, -0.2) is 4.98 Å². The first-order chi connectivity index (χ1) is 17.4. The third-order valence-electron chi connectivity index (χ3n) is 6.66. The van der Waals surface area contributed by atoms with Crippen LogP contribution in [-0.2, 0) is 12.0 Å². The molecule has 2 N–H and O–H groups in total. The minimum absolute atomic E-state index is 0.0236. The molecule has 0 radical (unpaired) electrons. The van der Waals surface area contributed by atoms with E-state index in [-0.39, 0.29) is 5.91 Å². The summed E-state index contributed by atoms with van der Waals surface area (Å²) in [6.07, 6.45) is 4.27. The number of carbonyl (C=O) groups is 1. The van der Waals surface area contributed by atoms with Gasteiger partial charge in [0.15, 0.2) is 0 Å². The van der Waals surface area contributed by atoms with E-state index >= 15 is 0 Å². The molecule has 180 valence electrons. The van der Waals surface area contributed by atoms with Gasteiger partial charge in [-0.15, -0.1) is 0 Å². The number of nitrogens with two attached hydrogens (primary N) is 1. The van der Waals surface area contributed by atoms with Crippen LogP contribution < -0.4 is 5.73 Å². The number of nitriles is 1. The minimum atomic E-state index is -0.758. The van der Waals surface area contributed by atoms with Crippen molar-refractivity contribution >= 4 is 5.91 Å². The largest absolute Gasteiger partial charge is 0.439 e. The Labute approximate surface area is 211 Å². The van der Waals surface area contributed by atoms with Gasteiger partial charge in [-0.05, 0) is 67.1 Å². The average molecular weight is 477 g/mol. The van der Waals surface area contributed by atoms with Gasteiger partial charge >= 0.3 is 0 Å². The molecule has 36 heavy (non-hydrogen) atoms. The fourth-order valence-electron chi connectivity index (χ4n) is 4.74. The molecule has 0 aliphatic carbocycles. The SMILES string of the molecule is C[C@@](N)(Cc1ccccc1)c1cnc(-c2cc(C(=O)N3CCCC3)cc(-c3ccccc3C#N)c2)o1. The van der Waals surface area contributed by atoms with Crippen LogP contribution in [0.5, 0.6) is 0 Å². The molecule has 1 aromatic heterocycles. The van der Waals surface area contributed by atoms with E-state index < -0.39 is 5.54 Å². The Bertz CT molecular complexity index is 1430. The van der Waals surface area contributed by atoms with E-state index in [9.17, 15) is 10.1 Å². The van der Waals surface area contributed by atoms with E-state index in [1.54, 1.807) is 12.3 Å². The predicted molar refractivity (Wildman–Crippen MR) is 139 cm³/mol. The van der Waals surface area contributed by atoms with Gasteiger partial charge in [0.25, 0.3) is 5.91 Å². The van der Waals surface area contributed by atoms with Crippen LogP contribution in [0.25, 0.3) is 22.6 Å². The van der Waals surface area contributed by atoms with Crippen LogP contribution >= 0.6 is 0 Å². The molecule has 0 bridgehead atoms. The molecule has 1 fully saturated rings. The molecule has 1 amide bonds. The topological polar surface area (TPSA) is 96.1 Å². The standard InChI is InChI=1S/C30H28N4O2/c1-30(32,18-21-9-3-2-4-10-21)27-20-33-28(36-27)24-15-23(26-12-6-5-11-22(26)19-31)16-25(17-24)29(35)34-13-7-8-14-34/h2-6,9-12,15-17,20H,7-8,13-14,18,32H2,1H3/t30-/m1/s1. The normalized spacial score (nSPS) is 14.9. The maximum absolute atomic E-state index is 13.3. The minimum Gasteiger partial charge on any atom is -0.439 e. The third kappa shape index (κ3) is 4.79. The molecule has 0 spiro atoms. The van der Waals surface area contributed by atoms with E-state index in [1.165, 1.54) is 0 Å². The van der Waals surface area contributed by atoms with Crippen molar-refractivity contribution in [2.45, 2.75) is 31.7 Å². The predicted octanol–water partition coefficient (Wildman–Crippen LogP) is 5.53. The lowest BCUT2D eigenvalue weighted by atomic mass is 9.92. The molecular formula is C30H28N4O2. The number of amides is 1. The van der Waals surface area contributed by atoms with Crippen LogP contribution in [0.4, 0.5) is 0 Å². The lowest BCUT2D eigenvalue weighted by molar-refractivity contribution is 0.0793. The molecule has 6 nitrogen and oxygen atoms in total. The Morgan fingerprint density at radius 1 is 1.06 bits per heavy atom. The Morgan fingerprint density at radius 3 is 2.50 bits per heavy atom. The van der Waals surface area contributed by atoms with Crippen LogP contribution in [0.2, 0.25) is 0 Å². The molecule has 1 aliphatic heterocycles. The second-order valence-electron chi connectivity index (χ2n) is 9.57. The number of hydrogen-bond acceptors (Lipinski definition) is 5. The summed E-state index contributed by atoms with van der Waals surface area (Å²) in [5.41, 5.74) is 10.3. The van der Waals surface area contributed by atoms with E-state index in [0.717, 1.165) is 42.6 Å². The summed E-state index contributed by atoms with van der Waals surface area (Å²) in [6.45, 7) is 3.43. The fraction of sp³-hybridized carbons (Fsp3) is 0.233. The molecule has 2 heterocycles. The molecule has 3 aromatic carbocycles. The Kier molecular flexibility index (Phi) is 6.41. The average Bonchev–Trinajstić information content (AvgIpc) is 3.62. The number of oxazole rings is 1. The maximum atomic E-state index is 13.3. The van der Waals surface area contributed by atoms with Gasteiger partial charge in [-0.1, -0.05) is 48.5 Å². The summed E-state index contributed by atoms with van der Waals surface area (Å²) in [4.78, 5) is 19.7. The number of carbonyl (C=O) groups excluding carboxylic acids is 1. The second kappa shape index (κ2) is 9.80.